The number of carbonyl (C=O) groups is 1. The molecule has 0 aliphatic carbocycles. The standard InChI is InChI=1S/C11H16N2O/c1-7-4-3-5-9(8(7)2)10(12)6-11(13)14/h3-5,10H,6,12H2,1-2H3,(H2,13,14). The molecule has 0 aliphatic heterocycles. The Hall–Kier alpha value is -1.35. The van der Waals surface area contributed by atoms with Gasteiger partial charge in [-0.3, -0.25) is 4.79 Å². The van der Waals surface area contributed by atoms with Crippen LogP contribution in [0.15, 0.2) is 18.2 Å². The van der Waals surface area contributed by atoms with Crippen molar-refractivity contribution >= 4 is 5.91 Å². The molecule has 1 aromatic carbocycles. The molecule has 1 atom stereocenters. The van der Waals surface area contributed by atoms with Crippen molar-refractivity contribution in [2.75, 3.05) is 0 Å². The maximum absolute atomic E-state index is 10.7. The molecular weight excluding hydrogens is 176 g/mol. The molecule has 14 heavy (non-hydrogen) atoms. The maximum Gasteiger partial charge on any atom is 0.219 e. The van der Waals surface area contributed by atoms with Gasteiger partial charge < -0.3 is 11.5 Å². The van der Waals surface area contributed by atoms with Gasteiger partial charge >= 0.3 is 0 Å². The molecule has 0 bridgehead atoms. The molecule has 0 aliphatic rings. The Kier molecular flexibility index (Phi) is 3.25. The van der Waals surface area contributed by atoms with E-state index in [2.05, 4.69) is 0 Å². The van der Waals surface area contributed by atoms with Gasteiger partial charge in [-0.1, -0.05) is 18.2 Å². The summed E-state index contributed by atoms with van der Waals surface area (Å²) in [6.07, 6.45) is 0.199. The number of amides is 1. The first kappa shape index (κ1) is 10.7. The van der Waals surface area contributed by atoms with E-state index >= 15 is 0 Å². The Morgan fingerprint density at radius 3 is 2.64 bits per heavy atom. The van der Waals surface area contributed by atoms with E-state index in [1.54, 1.807) is 0 Å². The lowest BCUT2D eigenvalue weighted by Gasteiger charge is -2.14. The van der Waals surface area contributed by atoms with E-state index < -0.39 is 0 Å². The molecule has 0 radical (unpaired) electrons. The number of nitrogens with two attached hydrogens (primary N) is 2. The van der Waals surface area contributed by atoms with Gasteiger partial charge in [0.1, 0.15) is 0 Å². The quantitative estimate of drug-likeness (QED) is 0.755. The second-order valence-corrected chi connectivity index (χ2v) is 3.57. The predicted molar refractivity (Wildman–Crippen MR) is 56.7 cm³/mol. The zero-order valence-electron chi connectivity index (χ0n) is 8.58. The molecule has 3 heteroatoms. The van der Waals surface area contributed by atoms with Gasteiger partial charge in [0.15, 0.2) is 0 Å². The molecule has 0 saturated carbocycles. The number of rotatable bonds is 3. The van der Waals surface area contributed by atoms with Crippen molar-refractivity contribution in [3.05, 3.63) is 34.9 Å². The SMILES string of the molecule is Cc1cccc(C(N)CC(N)=O)c1C. The van der Waals surface area contributed by atoms with Crippen LogP contribution in [-0.4, -0.2) is 5.91 Å². The van der Waals surface area contributed by atoms with Crippen LogP contribution < -0.4 is 11.5 Å². The van der Waals surface area contributed by atoms with E-state index in [1.807, 2.05) is 32.0 Å². The van der Waals surface area contributed by atoms with Crippen molar-refractivity contribution in [1.82, 2.24) is 0 Å². The van der Waals surface area contributed by atoms with Crippen LogP contribution in [0.5, 0.6) is 0 Å². The fourth-order valence-electron chi connectivity index (χ4n) is 1.50. The molecule has 76 valence electrons. The molecule has 0 saturated heterocycles. The molecule has 4 N–H and O–H groups in total. The van der Waals surface area contributed by atoms with Crippen LogP contribution >= 0.6 is 0 Å². The summed E-state index contributed by atoms with van der Waals surface area (Å²) in [5.41, 5.74) is 14.3. The molecule has 1 unspecified atom stereocenters. The van der Waals surface area contributed by atoms with Crippen molar-refractivity contribution in [2.45, 2.75) is 26.3 Å². The van der Waals surface area contributed by atoms with Gasteiger partial charge in [0.25, 0.3) is 0 Å². The monoisotopic (exact) mass is 192 g/mol. The summed E-state index contributed by atoms with van der Waals surface area (Å²) in [5.74, 6) is -0.363. The first-order valence-electron chi connectivity index (χ1n) is 4.62. The minimum atomic E-state index is -0.363. The number of aryl methyl sites for hydroxylation is 1. The van der Waals surface area contributed by atoms with Gasteiger partial charge in [0.05, 0.1) is 0 Å². The Bertz CT molecular complexity index is 347. The summed E-state index contributed by atoms with van der Waals surface area (Å²) in [7, 11) is 0. The molecule has 0 aromatic heterocycles. The summed E-state index contributed by atoms with van der Waals surface area (Å²) in [5, 5.41) is 0. The lowest BCUT2D eigenvalue weighted by Crippen LogP contribution is -2.21. The third kappa shape index (κ3) is 2.33. The second kappa shape index (κ2) is 4.24. The first-order chi connectivity index (χ1) is 6.52. The number of primary amides is 1. The van der Waals surface area contributed by atoms with Gasteiger partial charge in [0.2, 0.25) is 5.91 Å². The summed E-state index contributed by atoms with van der Waals surface area (Å²) in [6, 6.07) is 5.62. The lowest BCUT2D eigenvalue weighted by molar-refractivity contribution is -0.118. The van der Waals surface area contributed by atoms with Crippen molar-refractivity contribution in [2.24, 2.45) is 11.5 Å². The minimum Gasteiger partial charge on any atom is -0.370 e. The van der Waals surface area contributed by atoms with E-state index in [9.17, 15) is 4.79 Å². The molecule has 0 fully saturated rings. The fourth-order valence-corrected chi connectivity index (χ4v) is 1.50. The smallest absolute Gasteiger partial charge is 0.219 e. The minimum absolute atomic E-state index is 0.199. The summed E-state index contributed by atoms with van der Waals surface area (Å²) < 4.78 is 0. The van der Waals surface area contributed by atoms with E-state index in [0.717, 1.165) is 11.1 Å². The highest BCUT2D eigenvalue weighted by atomic mass is 16.1. The Balaban J connectivity index is 2.95. The van der Waals surface area contributed by atoms with Crippen molar-refractivity contribution < 1.29 is 4.79 Å². The van der Waals surface area contributed by atoms with Crippen molar-refractivity contribution in [1.29, 1.82) is 0 Å². The van der Waals surface area contributed by atoms with E-state index in [0.29, 0.717) is 0 Å². The number of hydrogen-bond acceptors (Lipinski definition) is 2. The maximum atomic E-state index is 10.7. The topological polar surface area (TPSA) is 69.1 Å². The molecule has 0 spiro atoms. The number of hydrogen-bond donors (Lipinski definition) is 2. The van der Waals surface area contributed by atoms with Crippen LogP contribution in [-0.2, 0) is 4.79 Å². The lowest BCUT2D eigenvalue weighted by atomic mass is 9.96. The van der Waals surface area contributed by atoms with Crippen LogP contribution in [0.1, 0.15) is 29.2 Å². The molecule has 1 amide bonds. The molecule has 0 heterocycles. The zero-order chi connectivity index (χ0) is 10.7. The summed E-state index contributed by atoms with van der Waals surface area (Å²) in [4.78, 5) is 10.7. The molecule has 1 rings (SSSR count). The molecular formula is C11H16N2O. The van der Waals surface area contributed by atoms with E-state index in [4.69, 9.17) is 11.5 Å². The Labute approximate surface area is 84.1 Å². The highest BCUT2D eigenvalue weighted by Gasteiger charge is 2.11. The van der Waals surface area contributed by atoms with Gasteiger partial charge in [-0.25, -0.2) is 0 Å². The number of carbonyl (C=O) groups excluding carboxylic acids is 1. The van der Waals surface area contributed by atoms with Crippen LogP contribution in [0.4, 0.5) is 0 Å². The fraction of sp³-hybridized carbons (Fsp3) is 0.364. The Morgan fingerprint density at radius 1 is 1.43 bits per heavy atom. The van der Waals surface area contributed by atoms with Gasteiger partial charge in [-0.05, 0) is 30.5 Å². The van der Waals surface area contributed by atoms with Gasteiger partial charge in [0, 0.05) is 12.5 Å². The molecule has 1 aromatic rings. The van der Waals surface area contributed by atoms with Crippen LogP contribution in [0.2, 0.25) is 0 Å². The first-order valence-corrected chi connectivity index (χ1v) is 4.62. The van der Waals surface area contributed by atoms with Gasteiger partial charge in [-0.2, -0.15) is 0 Å². The second-order valence-electron chi connectivity index (χ2n) is 3.57. The van der Waals surface area contributed by atoms with E-state index in [1.165, 1.54) is 5.56 Å². The normalized spacial score (nSPS) is 12.5. The van der Waals surface area contributed by atoms with Crippen LogP contribution in [0, 0.1) is 13.8 Å². The predicted octanol–water partition coefficient (Wildman–Crippen LogP) is 1.18. The summed E-state index contributed by atoms with van der Waals surface area (Å²) in [6.45, 7) is 4.03. The average molecular weight is 192 g/mol. The van der Waals surface area contributed by atoms with Crippen LogP contribution in [0.25, 0.3) is 0 Å². The van der Waals surface area contributed by atoms with Crippen molar-refractivity contribution in [3.63, 3.8) is 0 Å². The van der Waals surface area contributed by atoms with Crippen LogP contribution in [0.3, 0.4) is 0 Å². The largest absolute Gasteiger partial charge is 0.370 e. The highest BCUT2D eigenvalue weighted by molar-refractivity contribution is 5.74. The van der Waals surface area contributed by atoms with Crippen molar-refractivity contribution in [3.8, 4) is 0 Å². The molecule has 3 nitrogen and oxygen atoms in total. The average Bonchev–Trinajstić information content (AvgIpc) is 2.08. The van der Waals surface area contributed by atoms with Gasteiger partial charge in [-0.15, -0.1) is 0 Å². The third-order valence-electron chi connectivity index (χ3n) is 2.47. The third-order valence-corrected chi connectivity index (χ3v) is 2.47. The number of benzene rings is 1. The zero-order valence-corrected chi connectivity index (χ0v) is 8.58. The summed E-state index contributed by atoms with van der Waals surface area (Å²) >= 11 is 0. The Morgan fingerprint density at radius 2 is 2.07 bits per heavy atom. The highest BCUT2D eigenvalue weighted by Crippen LogP contribution is 2.20. The van der Waals surface area contributed by atoms with E-state index in [-0.39, 0.29) is 18.4 Å².